The molecule has 0 spiro atoms. The number of nitrogens with two attached hydrogens (primary N) is 2. The van der Waals surface area contributed by atoms with Gasteiger partial charge in [-0.3, -0.25) is 14.9 Å². The van der Waals surface area contributed by atoms with Crippen molar-refractivity contribution in [3.8, 4) is 10.4 Å². The number of benzene rings is 1. The summed E-state index contributed by atoms with van der Waals surface area (Å²) in [7, 11) is 1.42. The molecule has 11 nitrogen and oxygen atoms in total. The molecule has 2 heterocycles. The van der Waals surface area contributed by atoms with Gasteiger partial charge in [0, 0.05) is 23.5 Å². The quantitative estimate of drug-likeness (QED) is 0.401. The van der Waals surface area contributed by atoms with Gasteiger partial charge in [-0.05, 0) is 43.5 Å². The molecule has 0 bridgehead atoms. The van der Waals surface area contributed by atoms with Crippen molar-refractivity contribution in [3.05, 3.63) is 41.5 Å². The first-order valence-electron chi connectivity index (χ1n) is 10.7. The van der Waals surface area contributed by atoms with Crippen LogP contribution in [0.3, 0.4) is 0 Å². The Labute approximate surface area is 200 Å². The molecular weight excluding hydrogens is 462 g/mol. The van der Waals surface area contributed by atoms with Crippen LogP contribution in [0.5, 0.6) is 0 Å². The number of hydrogen-bond acceptors (Lipinski definition) is 7. The van der Waals surface area contributed by atoms with E-state index in [1.165, 1.54) is 17.1 Å². The highest BCUT2D eigenvalue weighted by Gasteiger charge is 2.28. The number of nitrogens with one attached hydrogen (secondary N) is 1. The van der Waals surface area contributed by atoms with Crippen molar-refractivity contribution in [2.24, 2.45) is 11.5 Å². The van der Waals surface area contributed by atoms with Gasteiger partial charge in [-0.2, -0.15) is 0 Å². The highest BCUT2D eigenvalue weighted by Crippen LogP contribution is 2.36. The van der Waals surface area contributed by atoms with Crippen LogP contribution in [-0.4, -0.2) is 66.7 Å². The summed E-state index contributed by atoms with van der Waals surface area (Å²) < 4.78 is 5.60. The average molecular weight is 490 g/mol. The van der Waals surface area contributed by atoms with Crippen molar-refractivity contribution in [2.45, 2.75) is 25.9 Å². The minimum absolute atomic E-state index is 0.124. The lowest BCUT2D eigenvalue weighted by molar-refractivity contribution is -0.0915. The third kappa shape index (κ3) is 5.83. The number of amides is 5. The van der Waals surface area contributed by atoms with Gasteiger partial charge in [-0.15, -0.1) is 11.3 Å². The Morgan fingerprint density at radius 3 is 2.65 bits per heavy atom. The lowest BCUT2D eigenvalue weighted by atomic mass is 10.1. The molecule has 1 aromatic carbocycles. The van der Waals surface area contributed by atoms with Crippen molar-refractivity contribution in [3.63, 3.8) is 0 Å². The van der Waals surface area contributed by atoms with E-state index in [-0.39, 0.29) is 23.0 Å². The fourth-order valence-corrected chi connectivity index (χ4v) is 4.69. The van der Waals surface area contributed by atoms with E-state index in [0.717, 1.165) is 11.3 Å². The van der Waals surface area contributed by atoms with Crippen LogP contribution in [0.15, 0.2) is 30.3 Å². The molecule has 1 aliphatic rings. The molecule has 0 aliphatic carbocycles. The molecule has 1 aliphatic heterocycles. The maximum Gasteiger partial charge on any atom is 0.341 e. The number of ether oxygens (including phenoxy) is 1. The minimum Gasteiger partial charge on any atom is -0.457 e. The van der Waals surface area contributed by atoms with Gasteiger partial charge in [-0.25, -0.2) is 19.4 Å². The van der Waals surface area contributed by atoms with Crippen LogP contribution in [0, 0.1) is 0 Å². The van der Waals surface area contributed by atoms with Crippen molar-refractivity contribution in [1.82, 2.24) is 9.96 Å². The van der Waals surface area contributed by atoms with E-state index in [4.69, 9.17) is 21.0 Å². The summed E-state index contributed by atoms with van der Waals surface area (Å²) >= 11 is 1.12. The van der Waals surface area contributed by atoms with Crippen LogP contribution in [0.4, 0.5) is 14.6 Å². The van der Waals surface area contributed by atoms with Crippen molar-refractivity contribution in [2.75, 3.05) is 32.1 Å². The normalized spacial score (nSPS) is 15.5. The monoisotopic (exact) mass is 489 g/mol. The zero-order chi connectivity index (χ0) is 24.8. The van der Waals surface area contributed by atoms with E-state index in [1.807, 2.05) is 0 Å². The Morgan fingerprint density at radius 2 is 2.00 bits per heavy atom. The summed E-state index contributed by atoms with van der Waals surface area (Å²) in [4.78, 5) is 55.7. The molecule has 1 unspecified atom stereocenters. The number of thiophene rings is 1. The Bertz CT molecular complexity index is 1080. The van der Waals surface area contributed by atoms with Crippen molar-refractivity contribution < 1.29 is 28.8 Å². The zero-order valence-corrected chi connectivity index (χ0v) is 19.7. The van der Waals surface area contributed by atoms with E-state index in [0.29, 0.717) is 41.9 Å². The zero-order valence-electron chi connectivity index (χ0n) is 18.9. The number of carbonyl (C=O) groups excluding carboxylic acids is 4. The first-order valence-corrected chi connectivity index (χ1v) is 11.5. The van der Waals surface area contributed by atoms with E-state index in [2.05, 4.69) is 5.32 Å². The summed E-state index contributed by atoms with van der Waals surface area (Å²) in [5, 5.41) is 3.90. The second-order valence-corrected chi connectivity index (χ2v) is 8.61. The first kappa shape index (κ1) is 25.0. The van der Waals surface area contributed by atoms with Gasteiger partial charge in [0.2, 0.25) is 0 Å². The number of esters is 1. The van der Waals surface area contributed by atoms with Crippen LogP contribution in [0.1, 0.15) is 40.5 Å². The topological polar surface area (TPSA) is 157 Å². The van der Waals surface area contributed by atoms with Gasteiger partial charge in [0.15, 0.2) is 0 Å². The van der Waals surface area contributed by atoms with E-state index < -0.39 is 24.1 Å². The molecule has 1 saturated heterocycles. The Hall–Kier alpha value is -3.64. The largest absolute Gasteiger partial charge is 0.457 e. The van der Waals surface area contributed by atoms with Crippen molar-refractivity contribution >= 4 is 40.3 Å². The standard InChI is InChI=1S/C22H27N5O6S/c1-3-27(32-2)19(28)14-7-4-6-13(10-14)17-11-16(18(34-17)25-21(23)30)20(29)33-15-8-5-9-26(12-15)22(24)31/h4,6-7,10-11,15H,3,5,8-9,12H2,1-2H3,(H2,24,31)(H3,23,25,30). The summed E-state index contributed by atoms with van der Waals surface area (Å²) in [5.41, 5.74) is 11.8. The SMILES string of the molecule is CCN(OC)C(=O)c1cccc(-c2cc(C(=O)OC3CCCN(C(N)=O)C3)c(NC(N)=O)s2)c1. The van der Waals surface area contributed by atoms with Gasteiger partial charge in [0.1, 0.15) is 11.1 Å². The fourth-order valence-electron chi connectivity index (χ4n) is 3.64. The maximum absolute atomic E-state index is 13.0. The van der Waals surface area contributed by atoms with Crippen molar-refractivity contribution in [1.29, 1.82) is 0 Å². The van der Waals surface area contributed by atoms with E-state index in [9.17, 15) is 19.2 Å². The van der Waals surface area contributed by atoms with Crippen LogP contribution in [0.2, 0.25) is 0 Å². The van der Waals surface area contributed by atoms with Crippen LogP contribution in [0.25, 0.3) is 10.4 Å². The number of piperidine rings is 1. The number of rotatable bonds is 7. The van der Waals surface area contributed by atoms with Gasteiger partial charge >= 0.3 is 18.0 Å². The second-order valence-electron chi connectivity index (χ2n) is 7.56. The molecule has 182 valence electrons. The Morgan fingerprint density at radius 1 is 1.24 bits per heavy atom. The van der Waals surface area contributed by atoms with Gasteiger partial charge in [0.05, 0.1) is 19.2 Å². The fraction of sp³-hybridized carbons (Fsp3) is 0.364. The van der Waals surface area contributed by atoms with Crippen LogP contribution in [-0.2, 0) is 9.57 Å². The molecule has 0 saturated carbocycles. The highest BCUT2D eigenvalue weighted by atomic mass is 32.1. The van der Waals surface area contributed by atoms with Crippen LogP contribution >= 0.6 is 11.3 Å². The van der Waals surface area contributed by atoms with Gasteiger partial charge in [-0.1, -0.05) is 12.1 Å². The summed E-state index contributed by atoms with van der Waals surface area (Å²) in [6, 6.07) is 7.00. The number of nitrogens with zero attached hydrogens (tertiary/aromatic N) is 2. The molecule has 3 rings (SSSR count). The van der Waals surface area contributed by atoms with E-state index >= 15 is 0 Å². The molecule has 2 aromatic rings. The molecule has 34 heavy (non-hydrogen) atoms. The van der Waals surface area contributed by atoms with E-state index in [1.54, 1.807) is 37.3 Å². The Kier molecular flexibility index (Phi) is 8.08. The predicted molar refractivity (Wildman–Crippen MR) is 126 cm³/mol. The maximum atomic E-state index is 13.0. The third-order valence-corrected chi connectivity index (χ3v) is 6.38. The number of anilines is 1. The number of carbonyl (C=O) groups is 4. The molecule has 1 fully saturated rings. The summed E-state index contributed by atoms with van der Waals surface area (Å²) in [5.74, 6) is -0.971. The molecule has 5 N–H and O–H groups in total. The average Bonchev–Trinajstić information content (AvgIpc) is 3.23. The van der Waals surface area contributed by atoms with Gasteiger partial charge in [0.25, 0.3) is 5.91 Å². The predicted octanol–water partition coefficient (Wildman–Crippen LogP) is 2.63. The molecular formula is C22H27N5O6S. The molecule has 0 radical (unpaired) electrons. The molecule has 1 atom stereocenters. The highest BCUT2D eigenvalue weighted by molar-refractivity contribution is 7.20. The lowest BCUT2D eigenvalue weighted by Gasteiger charge is -2.31. The summed E-state index contributed by atoms with van der Waals surface area (Å²) in [6.07, 6.45) is 0.718. The number of hydrogen-bond donors (Lipinski definition) is 3. The van der Waals surface area contributed by atoms with Gasteiger partial charge < -0.3 is 21.1 Å². The number of hydroxylamine groups is 2. The molecule has 5 amide bonds. The minimum atomic E-state index is -0.831. The lowest BCUT2D eigenvalue weighted by Crippen LogP contribution is -2.46. The molecule has 12 heteroatoms. The smallest absolute Gasteiger partial charge is 0.341 e. The Balaban J connectivity index is 1.87. The van der Waals surface area contributed by atoms with Crippen LogP contribution < -0.4 is 16.8 Å². The second kappa shape index (κ2) is 11.0. The summed E-state index contributed by atoms with van der Waals surface area (Å²) in [6.45, 7) is 2.87. The first-order chi connectivity index (χ1) is 16.2. The molecule has 1 aromatic heterocycles. The number of urea groups is 2. The number of primary amides is 2. The third-order valence-electron chi connectivity index (χ3n) is 5.28. The number of likely N-dealkylation sites (tertiary alicyclic amines) is 1.